The van der Waals surface area contributed by atoms with Crippen molar-refractivity contribution in [3.8, 4) is 0 Å². The number of rotatable bonds is 2. The van der Waals surface area contributed by atoms with Crippen LogP contribution in [0.1, 0.15) is 11.7 Å². The molecule has 0 radical (unpaired) electrons. The zero-order valence-electron chi connectivity index (χ0n) is 10.5. The summed E-state index contributed by atoms with van der Waals surface area (Å²) in [6, 6.07) is 5.58. The second kappa shape index (κ2) is 4.90. The summed E-state index contributed by atoms with van der Waals surface area (Å²) in [5, 5.41) is 0. The highest BCUT2D eigenvalue weighted by atomic mass is 19.4. The second-order valence-corrected chi connectivity index (χ2v) is 4.44. The molecular formula is C12H9F6NO2. The molecule has 0 N–H and O–H groups in total. The van der Waals surface area contributed by atoms with Gasteiger partial charge in [-0.25, -0.2) is 0 Å². The fraction of sp³-hybridized carbons (Fsp3) is 0.417. The molecular weight excluding hydrogens is 304 g/mol. The fourth-order valence-electron chi connectivity index (χ4n) is 2.05. The van der Waals surface area contributed by atoms with E-state index in [4.69, 9.17) is 0 Å². The molecule has 1 aliphatic heterocycles. The third kappa shape index (κ3) is 2.82. The number of benzene rings is 1. The Kier molecular flexibility index (Phi) is 3.64. The molecule has 1 unspecified atom stereocenters. The second-order valence-electron chi connectivity index (χ2n) is 4.44. The molecule has 0 bridgehead atoms. The molecule has 1 aliphatic rings. The van der Waals surface area contributed by atoms with Crippen LogP contribution in [0.3, 0.4) is 0 Å². The van der Waals surface area contributed by atoms with Crippen LogP contribution in [-0.2, 0) is 9.53 Å². The minimum absolute atomic E-state index is 0.0245. The Hall–Kier alpha value is -1.77. The van der Waals surface area contributed by atoms with Crippen molar-refractivity contribution in [2.75, 3.05) is 11.9 Å². The molecule has 21 heavy (non-hydrogen) atoms. The Balaban J connectivity index is 2.36. The number of ether oxygens (including phenoxy) is 1. The van der Waals surface area contributed by atoms with Gasteiger partial charge in [-0.2, -0.15) is 26.3 Å². The van der Waals surface area contributed by atoms with E-state index in [0.717, 1.165) is 4.90 Å². The Bertz CT molecular complexity index is 539. The third-order valence-corrected chi connectivity index (χ3v) is 3.00. The van der Waals surface area contributed by atoms with E-state index in [1.54, 1.807) is 0 Å². The van der Waals surface area contributed by atoms with Gasteiger partial charge in [0.25, 0.3) is 5.91 Å². The summed E-state index contributed by atoms with van der Waals surface area (Å²) in [6.45, 7) is 0. The molecule has 1 aromatic rings. The SMILES string of the molecule is CN1C(=O)C(OC(C(F)(F)F)C(F)(F)F)c2ccccc21. The minimum Gasteiger partial charge on any atom is -0.343 e. The van der Waals surface area contributed by atoms with Crippen LogP contribution in [0.25, 0.3) is 0 Å². The summed E-state index contributed by atoms with van der Waals surface area (Å²) in [5.74, 6) is -0.977. The molecule has 1 aromatic carbocycles. The van der Waals surface area contributed by atoms with Crippen LogP contribution in [-0.4, -0.2) is 31.4 Å². The Morgan fingerprint density at radius 2 is 1.62 bits per heavy atom. The normalized spacial score (nSPS) is 19.3. The number of hydrogen-bond acceptors (Lipinski definition) is 2. The average molecular weight is 313 g/mol. The number of carbonyl (C=O) groups is 1. The molecule has 0 aromatic heterocycles. The Morgan fingerprint density at radius 3 is 2.14 bits per heavy atom. The van der Waals surface area contributed by atoms with E-state index in [2.05, 4.69) is 4.74 Å². The monoisotopic (exact) mass is 313 g/mol. The number of amides is 1. The molecule has 0 spiro atoms. The summed E-state index contributed by atoms with van der Waals surface area (Å²) in [7, 11) is 1.25. The van der Waals surface area contributed by atoms with Crippen molar-refractivity contribution in [1.29, 1.82) is 0 Å². The Labute approximate surface area is 115 Å². The van der Waals surface area contributed by atoms with Crippen LogP contribution < -0.4 is 4.90 Å². The van der Waals surface area contributed by atoms with E-state index in [1.165, 1.54) is 31.3 Å². The first-order valence-corrected chi connectivity index (χ1v) is 5.69. The molecule has 0 saturated heterocycles. The largest absolute Gasteiger partial charge is 0.423 e. The van der Waals surface area contributed by atoms with Gasteiger partial charge in [0.2, 0.25) is 6.10 Å². The van der Waals surface area contributed by atoms with Crippen molar-refractivity contribution in [2.24, 2.45) is 0 Å². The lowest BCUT2D eigenvalue weighted by molar-refractivity contribution is -0.328. The minimum atomic E-state index is -5.66. The van der Waals surface area contributed by atoms with Crippen LogP contribution in [0.15, 0.2) is 24.3 Å². The van der Waals surface area contributed by atoms with E-state index in [-0.39, 0.29) is 11.3 Å². The number of fused-ring (bicyclic) bond motifs is 1. The van der Waals surface area contributed by atoms with E-state index >= 15 is 0 Å². The molecule has 1 atom stereocenters. The number of carbonyl (C=O) groups excluding carboxylic acids is 1. The van der Waals surface area contributed by atoms with Crippen molar-refractivity contribution in [3.63, 3.8) is 0 Å². The topological polar surface area (TPSA) is 29.5 Å². The molecule has 2 rings (SSSR count). The van der Waals surface area contributed by atoms with Gasteiger partial charge < -0.3 is 9.64 Å². The number of para-hydroxylation sites is 1. The van der Waals surface area contributed by atoms with Crippen LogP contribution in [0.4, 0.5) is 32.0 Å². The number of hydrogen-bond donors (Lipinski definition) is 0. The zero-order chi connectivity index (χ0) is 16.0. The lowest BCUT2D eigenvalue weighted by atomic mass is 10.1. The van der Waals surface area contributed by atoms with Gasteiger partial charge in [0.15, 0.2) is 6.10 Å². The predicted octanol–water partition coefficient (Wildman–Crippen LogP) is 3.21. The van der Waals surface area contributed by atoms with Crippen molar-refractivity contribution >= 4 is 11.6 Å². The van der Waals surface area contributed by atoms with Crippen LogP contribution in [0.2, 0.25) is 0 Å². The van der Waals surface area contributed by atoms with Gasteiger partial charge in [-0.05, 0) is 6.07 Å². The van der Waals surface area contributed by atoms with E-state index in [9.17, 15) is 31.1 Å². The van der Waals surface area contributed by atoms with Crippen molar-refractivity contribution in [2.45, 2.75) is 24.6 Å². The van der Waals surface area contributed by atoms with Crippen molar-refractivity contribution in [3.05, 3.63) is 29.8 Å². The van der Waals surface area contributed by atoms with Gasteiger partial charge in [-0.3, -0.25) is 4.79 Å². The standard InChI is InChI=1S/C12H9F6NO2/c1-19-7-5-3-2-4-6(7)8(9(19)20)21-10(11(13,14)15)12(16,17)18/h2-5,8,10H,1H3. The smallest absolute Gasteiger partial charge is 0.343 e. The lowest BCUT2D eigenvalue weighted by Crippen LogP contribution is -2.46. The molecule has 0 fully saturated rings. The molecule has 1 heterocycles. The summed E-state index contributed by atoms with van der Waals surface area (Å²) in [5.41, 5.74) is 0.194. The lowest BCUT2D eigenvalue weighted by Gasteiger charge is -2.25. The Morgan fingerprint density at radius 1 is 1.10 bits per heavy atom. The first kappa shape index (κ1) is 15.6. The first-order chi connectivity index (χ1) is 9.53. The number of halogens is 6. The molecule has 3 nitrogen and oxygen atoms in total. The number of likely N-dealkylation sites (N-methyl/N-ethyl adjacent to an activating group) is 1. The number of nitrogens with zero attached hydrogens (tertiary/aromatic N) is 1. The highest BCUT2D eigenvalue weighted by Gasteiger charge is 2.60. The van der Waals surface area contributed by atoms with Crippen molar-refractivity contribution in [1.82, 2.24) is 0 Å². The van der Waals surface area contributed by atoms with Crippen molar-refractivity contribution < 1.29 is 35.9 Å². The van der Waals surface area contributed by atoms with Crippen LogP contribution in [0.5, 0.6) is 0 Å². The van der Waals surface area contributed by atoms with E-state index in [1.807, 2.05) is 0 Å². The van der Waals surface area contributed by atoms with E-state index < -0.39 is 30.5 Å². The van der Waals surface area contributed by atoms with Crippen LogP contribution in [0, 0.1) is 0 Å². The van der Waals surface area contributed by atoms with Gasteiger partial charge in [-0.15, -0.1) is 0 Å². The predicted molar refractivity (Wildman–Crippen MR) is 59.6 cm³/mol. The maximum atomic E-state index is 12.5. The fourth-order valence-corrected chi connectivity index (χ4v) is 2.05. The van der Waals surface area contributed by atoms with Crippen LogP contribution >= 0.6 is 0 Å². The number of alkyl halides is 6. The third-order valence-electron chi connectivity index (χ3n) is 3.00. The van der Waals surface area contributed by atoms with Gasteiger partial charge in [-0.1, -0.05) is 18.2 Å². The van der Waals surface area contributed by atoms with Gasteiger partial charge >= 0.3 is 12.4 Å². The van der Waals surface area contributed by atoms with E-state index in [0.29, 0.717) is 0 Å². The molecule has 1 amide bonds. The molecule has 0 aliphatic carbocycles. The maximum absolute atomic E-state index is 12.5. The highest BCUT2D eigenvalue weighted by Crippen LogP contribution is 2.43. The highest BCUT2D eigenvalue weighted by molar-refractivity contribution is 6.03. The quantitative estimate of drug-likeness (QED) is 0.785. The average Bonchev–Trinajstić information content (AvgIpc) is 2.57. The zero-order valence-corrected chi connectivity index (χ0v) is 10.5. The molecule has 116 valence electrons. The summed E-state index contributed by atoms with van der Waals surface area (Å²) in [4.78, 5) is 12.8. The van der Waals surface area contributed by atoms with Gasteiger partial charge in [0.1, 0.15) is 0 Å². The number of anilines is 1. The van der Waals surface area contributed by atoms with Gasteiger partial charge in [0, 0.05) is 18.3 Å². The first-order valence-electron chi connectivity index (χ1n) is 5.69. The van der Waals surface area contributed by atoms with Gasteiger partial charge in [0.05, 0.1) is 0 Å². The summed E-state index contributed by atoms with van der Waals surface area (Å²) >= 11 is 0. The summed E-state index contributed by atoms with van der Waals surface area (Å²) in [6.07, 6.45) is -17.3. The summed E-state index contributed by atoms with van der Waals surface area (Å²) < 4.78 is 79.1. The molecule has 9 heteroatoms. The molecule has 0 saturated carbocycles. The maximum Gasteiger partial charge on any atom is 0.423 e.